The summed E-state index contributed by atoms with van der Waals surface area (Å²) < 4.78 is 40.2. The summed E-state index contributed by atoms with van der Waals surface area (Å²) in [6.07, 6.45) is -0.278. The SMILES string of the molecule is CCC(C)n1ccc(CC2CC(C(F)(F)F)CCN2)n1. The van der Waals surface area contributed by atoms with Gasteiger partial charge in [0.2, 0.25) is 0 Å². The Morgan fingerprint density at radius 1 is 1.50 bits per heavy atom. The van der Waals surface area contributed by atoms with Crippen molar-refractivity contribution in [3.05, 3.63) is 18.0 Å². The zero-order valence-electron chi connectivity index (χ0n) is 12.0. The standard InChI is InChI=1S/C14H22F3N3/c1-3-10(2)20-7-5-12(19-20)9-13-8-11(4-6-18-13)14(15,16)17/h5,7,10-11,13,18H,3-4,6,8-9H2,1-2H3. The van der Waals surface area contributed by atoms with Gasteiger partial charge in [0.15, 0.2) is 0 Å². The normalized spacial score (nSPS) is 25.6. The van der Waals surface area contributed by atoms with Crippen molar-refractivity contribution in [2.45, 2.75) is 57.8 Å². The van der Waals surface area contributed by atoms with E-state index in [1.54, 1.807) is 0 Å². The molecule has 20 heavy (non-hydrogen) atoms. The molecule has 2 heterocycles. The van der Waals surface area contributed by atoms with Gasteiger partial charge in [0.1, 0.15) is 0 Å². The van der Waals surface area contributed by atoms with Gasteiger partial charge in [-0.05, 0) is 38.8 Å². The summed E-state index contributed by atoms with van der Waals surface area (Å²) >= 11 is 0. The summed E-state index contributed by atoms with van der Waals surface area (Å²) in [6.45, 7) is 4.60. The van der Waals surface area contributed by atoms with Crippen molar-refractivity contribution in [2.75, 3.05) is 6.54 Å². The van der Waals surface area contributed by atoms with Gasteiger partial charge in [-0.3, -0.25) is 4.68 Å². The molecule has 1 aliphatic rings. The maximum absolute atomic E-state index is 12.8. The molecule has 1 N–H and O–H groups in total. The highest BCUT2D eigenvalue weighted by Crippen LogP contribution is 2.34. The van der Waals surface area contributed by atoms with Gasteiger partial charge >= 0.3 is 6.18 Å². The molecular formula is C14H22F3N3. The van der Waals surface area contributed by atoms with Crippen LogP contribution in [0.15, 0.2) is 12.3 Å². The van der Waals surface area contributed by atoms with Crippen LogP contribution in [0.2, 0.25) is 0 Å². The number of nitrogens with one attached hydrogen (secondary N) is 1. The van der Waals surface area contributed by atoms with Crippen molar-refractivity contribution in [1.82, 2.24) is 15.1 Å². The van der Waals surface area contributed by atoms with Crippen LogP contribution in [0.5, 0.6) is 0 Å². The molecule has 3 nitrogen and oxygen atoms in total. The molecule has 0 radical (unpaired) electrons. The van der Waals surface area contributed by atoms with Crippen LogP contribution in [0, 0.1) is 5.92 Å². The quantitative estimate of drug-likeness (QED) is 0.921. The molecule has 1 fully saturated rings. The Balaban J connectivity index is 1.94. The minimum Gasteiger partial charge on any atom is -0.314 e. The van der Waals surface area contributed by atoms with Crippen molar-refractivity contribution in [3.8, 4) is 0 Å². The summed E-state index contributed by atoms with van der Waals surface area (Å²) in [7, 11) is 0. The number of hydrogen-bond donors (Lipinski definition) is 1. The van der Waals surface area contributed by atoms with E-state index >= 15 is 0 Å². The summed E-state index contributed by atoms with van der Waals surface area (Å²) in [5, 5.41) is 7.63. The van der Waals surface area contributed by atoms with Crippen LogP contribution < -0.4 is 5.32 Å². The van der Waals surface area contributed by atoms with Gasteiger partial charge in [-0.1, -0.05) is 6.92 Å². The van der Waals surface area contributed by atoms with Gasteiger partial charge in [-0.2, -0.15) is 18.3 Å². The summed E-state index contributed by atoms with van der Waals surface area (Å²) in [5.41, 5.74) is 0.866. The van der Waals surface area contributed by atoms with E-state index in [2.05, 4.69) is 24.3 Å². The third-order valence-corrected chi connectivity index (χ3v) is 4.12. The van der Waals surface area contributed by atoms with Crippen LogP contribution in [-0.4, -0.2) is 28.5 Å². The van der Waals surface area contributed by atoms with Crippen molar-refractivity contribution in [2.24, 2.45) is 5.92 Å². The molecule has 114 valence electrons. The van der Waals surface area contributed by atoms with Crippen LogP contribution >= 0.6 is 0 Å². The molecule has 0 aliphatic carbocycles. The third-order valence-electron chi connectivity index (χ3n) is 4.12. The molecule has 1 saturated heterocycles. The van der Waals surface area contributed by atoms with E-state index in [0.29, 0.717) is 19.0 Å². The molecule has 0 saturated carbocycles. The van der Waals surface area contributed by atoms with Gasteiger partial charge in [0, 0.05) is 24.7 Å². The minimum atomic E-state index is -4.07. The number of alkyl halides is 3. The lowest BCUT2D eigenvalue weighted by Crippen LogP contribution is -2.43. The zero-order valence-corrected chi connectivity index (χ0v) is 12.0. The smallest absolute Gasteiger partial charge is 0.314 e. The molecule has 6 heteroatoms. The lowest BCUT2D eigenvalue weighted by molar-refractivity contribution is -0.183. The van der Waals surface area contributed by atoms with E-state index in [1.807, 2.05) is 16.9 Å². The predicted octanol–water partition coefficient (Wildman–Crippen LogP) is 3.33. The van der Waals surface area contributed by atoms with Crippen molar-refractivity contribution >= 4 is 0 Å². The van der Waals surface area contributed by atoms with Crippen molar-refractivity contribution < 1.29 is 13.2 Å². The fourth-order valence-electron chi connectivity index (χ4n) is 2.63. The zero-order chi connectivity index (χ0) is 14.8. The molecule has 2 rings (SSSR count). The molecular weight excluding hydrogens is 267 g/mol. The molecule has 3 atom stereocenters. The Bertz CT molecular complexity index is 428. The largest absolute Gasteiger partial charge is 0.391 e. The van der Waals surface area contributed by atoms with Crippen molar-refractivity contribution in [3.63, 3.8) is 0 Å². The van der Waals surface area contributed by atoms with Crippen LogP contribution in [-0.2, 0) is 6.42 Å². The Hall–Kier alpha value is -1.04. The van der Waals surface area contributed by atoms with Gasteiger partial charge in [-0.15, -0.1) is 0 Å². The Labute approximate surface area is 117 Å². The Morgan fingerprint density at radius 3 is 2.90 bits per heavy atom. The summed E-state index contributed by atoms with van der Waals surface area (Å²) in [5.74, 6) is -1.18. The lowest BCUT2D eigenvalue weighted by atomic mass is 9.90. The first-order chi connectivity index (χ1) is 9.40. The average molecular weight is 289 g/mol. The van der Waals surface area contributed by atoms with Gasteiger partial charge in [0.05, 0.1) is 11.6 Å². The van der Waals surface area contributed by atoms with Crippen molar-refractivity contribution in [1.29, 1.82) is 0 Å². The molecule has 0 bridgehead atoms. The Kier molecular flexibility index (Phi) is 4.73. The van der Waals surface area contributed by atoms with Gasteiger partial charge in [-0.25, -0.2) is 0 Å². The second-order valence-corrected chi connectivity index (χ2v) is 5.66. The second kappa shape index (κ2) is 6.16. The van der Waals surface area contributed by atoms with E-state index in [1.165, 1.54) is 0 Å². The van der Waals surface area contributed by atoms with E-state index in [0.717, 1.165) is 12.1 Å². The summed E-state index contributed by atoms with van der Waals surface area (Å²) in [6, 6.07) is 2.10. The minimum absolute atomic E-state index is 0.129. The van der Waals surface area contributed by atoms with Crippen LogP contribution in [0.25, 0.3) is 0 Å². The second-order valence-electron chi connectivity index (χ2n) is 5.66. The molecule has 0 amide bonds. The van der Waals surface area contributed by atoms with E-state index in [-0.39, 0.29) is 18.9 Å². The highest BCUT2D eigenvalue weighted by Gasteiger charge is 2.42. The van der Waals surface area contributed by atoms with E-state index in [4.69, 9.17) is 0 Å². The number of piperidine rings is 1. The molecule has 0 aromatic carbocycles. The number of nitrogens with zero attached hydrogens (tertiary/aromatic N) is 2. The first-order valence-electron chi connectivity index (χ1n) is 7.24. The summed E-state index contributed by atoms with van der Waals surface area (Å²) in [4.78, 5) is 0. The molecule has 1 aromatic rings. The van der Waals surface area contributed by atoms with Gasteiger partial charge in [0.25, 0.3) is 0 Å². The predicted molar refractivity (Wildman–Crippen MR) is 71.5 cm³/mol. The molecule has 1 aliphatic heterocycles. The van der Waals surface area contributed by atoms with E-state index in [9.17, 15) is 13.2 Å². The first kappa shape index (κ1) is 15.4. The maximum atomic E-state index is 12.8. The number of aromatic nitrogens is 2. The molecule has 0 spiro atoms. The number of halogens is 3. The van der Waals surface area contributed by atoms with Crippen LogP contribution in [0.4, 0.5) is 13.2 Å². The monoisotopic (exact) mass is 289 g/mol. The average Bonchev–Trinajstić information content (AvgIpc) is 2.85. The van der Waals surface area contributed by atoms with Crippen LogP contribution in [0.1, 0.15) is 44.8 Å². The van der Waals surface area contributed by atoms with Gasteiger partial charge < -0.3 is 5.32 Å². The first-order valence-corrected chi connectivity index (χ1v) is 7.24. The molecule has 3 unspecified atom stereocenters. The number of hydrogen-bond acceptors (Lipinski definition) is 2. The lowest BCUT2D eigenvalue weighted by Gasteiger charge is -2.31. The van der Waals surface area contributed by atoms with E-state index < -0.39 is 12.1 Å². The highest BCUT2D eigenvalue weighted by molar-refractivity contribution is 5.03. The fourth-order valence-corrected chi connectivity index (χ4v) is 2.63. The number of rotatable bonds is 4. The highest BCUT2D eigenvalue weighted by atomic mass is 19.4. The fraction of sp³-hybridized carbons (Fsp3) is 0.786. The maximum Gasteiger partial charge on any atom is 0.391 e. The Morgan fingerprint density at radius 2 is 2.25 bits per heavy atom. The van der Waals surface area contributed by atoms with Crippen LogP contribution in [0.3, 0.4) is 0 Å². The topological polar surface area (TPSA) is 29.9 Å². The third kappa shape index (κ3) is 3.75. The molecule has 1 aromatic heterocycles.